The van der Waals surface area contributed by atoms with E-state index < -0.39 is 11.8 Å². The molecule has 0 saturated heterocycles. The van der Waals surface area contributed by atoms with Crippen molar-refractivity contribution < 1.29 is 23.5 Å². The summed E-state index contributed by atoms with van der Waals surface area (Å²) in [6.07, 6.45) is 0. The Morgan fingerprint density at radius 3 is 2.52 bits per heavy atom. The Bertz CT molecular complexity index is 688. The van der Waals surface area contributed by atoms with E-state index >= 15 is 0 Å². The molecule has 0 unspecified atom stereocenters. The third-order valence-electron chi connectivity index (χ3n) is 3.05. The van der Waals surface area contributed by atoms with E-state index in [0.29, 0.717) is 11.1 Å². The third kappa shape index (κ3) is 4.81. The quantitative estimate of drug-likeness (QED) is 0.830. The van der Waals surface area contributed by atoms with Gasteiger partial charge in [-0.2, -0.15) is 0 Å². The summed E-state index contributed by atoms with van der Waals surface area (Å²) in [5.41, 5.74) is 0.948. The van der Waals surface area contributed by atoms with E-state index in [9.17, 15) is 14.0 Å². The van der Waals surface area contributed by atoms with E-state index in [0.717, 1.165) is 0 Å². The summed E-state index contributed by atoms with van der Waals surface area (Å²) in [4.78, 5) is 23.4. The highest BCUT2D eigenvalue weighted by atomic mass is 19.1. The molecule has 1 amide bonds. The van der Waals surface area contributed by atoms with Gasteiger partial charge in [0.25, 0.3) is 5.91 Å². The van der Waals surface area contributed by atoms with Crippen LogP contribution < -0.4 is 10.1 Å². The van der Waals surface area contributed by atoms with Crippen molar-refractivity contribution in [2.24, 2.45) is 0 Å². The molecule has 0 bridgehead atoms. The van der Waals surface area contributed by atoms with E-state index in [4.69, 9.17) is 9.47 Å². The highest BCUT2D eigenvalue weighted by molar-refractivity contribution is 5.95. The van der Waals surface area contributed by atoms with E-state index in [1.54, 1.807) is 36.4 Å². The number of hydrogen-bond acceptors (Lipinski definition) is 4. The van der Waals surface area contributed by atoms with Gasteiger partial charge < -0.3 is 14.8 Å². The minimum Gasteiger partial charge on any atom is -0.494 e. The van der Waals surface area contributed by atoms with Gasteiger partial charge in [0, 0.05) is 5.56 Å². The molecule has 5 nitrogen and oxygen atoms in total. The Balaban J connectivity index is 1.79. The maximum atomic E-state index is 13.5. The first-order valence-electron chi connectivity index (χ1n) is 6.91. The maximum Gasteiger partial charge on any atom is 0.325 e. The number of methoxy groups -OCH3 is 1. The molecule has 0 radical (unpaired) electrons. The fourth-order valence-electron chi connectivity index (χ4n) is 1.86. The highest BCUT2D eigenvalue weighted by Gasteiger charge is 2.09. The molecule has 0 aliphatic carbocycles. The molecule has 0 aromatic heterocycles. The van der Waals surface area contributed by atoms with E-state index in [2.05, 4.69) is 5.32 Å². The van der Waals surface area contributed by atoms with Gasteiger partial charge in [-0.3, -0.25) is 9.59 Å². The van der Waals surface area contributed by atoms with Crippen LogP contribution in [0.5, 0.6) is 5.75 Å². The Hall–Kier alpha value is -2.89. The first-order chi connectivity index (χ1) is 11.1. The second-order valence-corrected chi connectivity index (χ2v) is 4.68. The standard InChI is InChI=1S/C17H16FNO4/c1-22-15-8-7-12(9-14(15)18)11-23-16(20)10-19-17(21)13-5-3-2-4-6-13/h2-9H,10-11H2,1H3,(H,19,21). The zero-order valence-corrected chi connectivity index (χ0v) is 12.5. The lowest BCUT2D eigenvalue weighted by Gasteiger charge is -2.08. The van der Waals surface area contributed by atoms with Gasteiger partial charge >= 0.3 is 5.97 Å². The lowest BCUT2D eigenvalue weighted by atomic mass is 10.2. The van der Waals surface area contributed by atoms with Crippen LogP contribution in [0.3, 0.4) is 0 Å². The van der Waals surface area contributed by atoms with Crippen LogP contribution in [0, 0.1) is 5.82 Å². The lowest BCUT2D eigenvalue weighted by molar-refractivity contribution is -0.143. The summed E-state index contributed by atoms with van der Waals surface area (Å²) in [5, 5.41) is 2.46. The molecule has 2 aromatic rings. The average Bonchev–Trinajstić information content (AvgIpc) is 2.58. The highest BCUT2D eigenvalue weighted by Crippen LogP contribution is 2.18. The topological polar surface area (TPSA) is 64.6 Å². The first-order valence-corrected chi connectivity index (χ1v) is 6.91. The molecule has 0 aliphatic heterocycles. The molecule has 0 heterocycles. The van der Waals surface area contributed by atoms with Crippen LogP contribution in [0.4, 0.5) is 4.39 Å². The number of benzene rings is 2. The predicted molar refractivity (Wildman–Crippen MR) is 81.5 cm³/mol. The largest absolute Gasteiger partial charge is 0.494 e. The van der Waals surface area contributed by atoms with Crippen molar-refractivity contribution in [3.63, 3.8) is 0 Å². The van der Waals surface area contributed by atoms with Crippen molar-refractivity contribution in [2.45, 2.75) is 6.61 Å². The number of halogens is 1. The van der Waals surface area contributed by atoms with Crippen LogP contribution in [0.25, 0.3) is 0 Å². The molecule has 2 aromatic carbocycles. The van der Waals surface area contributed by atoms with Gasteiger partial charge in [0.1, 0.15) is 13.2 Å². The fraction of sp³-hybridized carbons (Fsp3) is 0.176. The fourth-order valence-corrected chi connectivity index (χ4v) is 1.86. The van der Waals surface area contributed by atoms with Crippen molar-refractivity contribution in [1.82, 2.24) is 5.32 Å². The molecule has 0 spiro atoms. The van der Waals surface area contributed by atoms with Crippen LogP contribution in [-0.4, -0.2) is 25.5 Å². The smallest absolute Gasteiger partial charge is 0.325 e. The molecule has 0 saturated carbocycles. The zero-order valence-electron chi connectivity index (χ0n) is 12.5. The molecular weight excluding hydrogens is 301 g/mol. The molecule has 120 valence electrons. The van der Waals surface area contributed by atoms with Crippen LogP contribution in [-0.2, 0) is 16.1 Å². The Labute approximate surface area is 133 Å². The van der Waals surface area contributed by atoms with E-state index in [1.165, 1.54) is 19.2 Å². The van der Waals surface area contributed by atoms with Crippen molar-refractivity contribution >= 4 is 11.9 Å². The molecule has 0 fully saturated rings. The van der Waals surface area contributed by atoms with Gasteiger partial charge in [-0.25, -0.2) is 4.39 Å². The number of carbonyl (C=O) groups is 2. The zero-order chi connectivity index (χ0) is 16.7. The summed E-state index contributed by atoms with van der Waals surface area (Å²) in [6, 6.07) is 12.8. The lowest BCUT2D eigenvalue weighted by Crippen LogP contribution is -2.30. The number of ether oxygens (including phenoxy) is 2. The van der Waals surface area contributed by atoms with Gasteiger partial charge in [-0.1, -0.05) is 24.3 Å². The maximum absolute atomic E-state index is 13.5. The van der Waals surface area contributed by atoms with Gasteiger partial charge in [-0.05, 0) is 29.8 Å². The van der Waals surface area contributed by atoms with Gasteiger partial charge in [-0.15, -0.1) is 0 Å². The minimum atomic E-state index is -0.606. The molecule has 0 atom stereocenters. The van der Waals surface area contributed by atoms with Crippen LogP contribution in [0.15, 0.2) is 48.5 Å². The molecule has 1 N–H and O–H groups in total. The van der Waals surface area contributed by atoms with Crippen LogP contribution >= 0.6 is 0 Å². The Morgan fingerprint density at radius 2 is 1.87 bits per heavy atom. The molecular formula is C17H16FNO4. The second-order valence-electron chi connectivity index (χ2n) is 4.68. The average molecular weight is 317 g/mol. The third-order valence-corrected chi connectivity index (χ3v) is 3.05. The van der Waals surface area contributed by atoms with Crippen molar-refractivity contribution in [3.05, 3.63) is 65.5 Å². The normalized spacial score (nSPS) is 10.0. The molecule has 6 heteroatoms. The first kappa shape index (κ1) is 16.5. The van der Waals surface area contributed by atoms with Crippen LogP contribution in [0.1, 0.15) is 15.9 Å². The van der Waals surface area contributed by atoms with E-state index in [-0.39, 0.29) is 24.8 Å². The Kier molecular flexibility index (Phi) is 5.68. The number of amides is 1. The minimum absolute atomic E-state index is 0.0824. The van der Waals surface area contributed by atoms with Crippen molar-refractivity contribution in [3.8, 4) is 5.75 Å². The van der Waals surface area contributed by atoms with Gasteiger partial charge in [0.15, 0.2) is 11.6 Å². The van der Waals surface area contributed by atoms with Crippen molar-refractivity contribution in [1.29, 1.82) is 0 Å². The summed E-state index contributed by atoms with van der Waals surface area (Å²) >= 11 is 0. The van der Waals surface area contributed by atoms with Gasteiger partial charge in [0.05, 0.1) is 7.11 Å². The SMILES string of the molecule is COc1ccc(COC(=O)CNC(=O)c2ccccc2)cc1F. The summed E-state index contributed by atoms with van der Waals surface area (Å²) in [7, 11) is 1.37. The molecule has 23 heavy (non-hydrogen) atoms. The van der Waals surface area contributed by atoms with Crippen LogP contribution in [0.2, 0.25) is 0 Å². The number of carbonyl (C=O) groups excluding carboxylic acids is 2. The van der Waals surface area contributed by atoms with Crippen molar-refractivity contribution in [2.75, 3.05) is 13.7 Å². The number of rotatable bonds is 6. The number of esters is 1. The monoisotopic (exact) mass is 317 g/mol. The Morgan fingerprint density at radius 1 is 1.13 bits per heavy atom. The second kappa shape index (κ2) is 7.93. The summed E-state index contributed by atoms with van der Waals surface area (Å²) in [6.45, 7) is -0.340. The summed E-state index contributed by atoms with van der Waals surface area (Å²) in [5.74, 6) is -1.38. The number of nitrogens with one attached hydrogen (secondary N) is 1. The van der Waals surface area contributed by atoms with E-state index in [1.807, 2.05) is 0 Å². The predicted octanol–water partition coefficient (Wildman–Crippen LogP) is 2.31. The molecule has 0 aliphatic rings. The van der Waals surface area contributed by atoms with Gasteiger partial charge in [0.2, 0.25) is 0 Å². The summed E-state index contributed by atoms with van der Waals surface area (Å²) < 4.78 is 23.3. The molecule has 2 rings (SSSR count). The number of hydrogen-bond donors (Lipinski definition) is 1.